The molecule has 0 bridgehead atoms. The summed E-state index contributed by atoms with van der Waals surface area (Å²) in [4.78, 5) is 3.45. The summed E-state index contributed by atoms with van der Waals surface area (Å²) in [5.74, 6) is 0. The largest absolute Gasteiger partial charge is 0.358 e. The highest BCUT2D eigenvalue weighted by molar-refractivity contribution is 5.84. The lowest BCUT2D eigenvalue weighted by Gasteiger charge is -2.20. The van der Waals surface area contributed by atoms with Crippen molar-refractivity contribution in [3.8, 4) is 0 Å². The quantitative estimate of drug-likeness (QED) is 0.831. The van der Waals surface area contributed by atoms with Crippen molar-refractivity contribution in [3.63, 3.8) is 0 Å². The van der Waals surface area contributed by atoms with Crippen LogP contribution in [0, 0.1) is 6.92 Å². The van der Waals surface area contributed by atoms with Gasteiger partial charge in [0.05, 0.1) is 0 Å². The highest BCUT2D eigenvalue weighted by Crippen LogP contribution is 2.22. The lowest BCUT2D eigenvalue weighted by atomic mass is 10.1. The van der Waals surface area contributed by atoms with Gasteiger partial charge in [-0.2, -0.15) is 0 Å². The van der Waals surface area contributed by atoms with Crippen LogP contribution in [0.25, 0.3) is 10.9 Å². The minimum atomic E-state index is 0.194. The number of para-hydroxylation sites is 1. The van der Waals surface area contributed by atoms with Crippen LogP contribution in [0.4, 0.5) is 0 Å². The number of fused-ring (bicyclic) bond motifs is 1. The number of aromatic nitrogens is 1. The zero-order chi connectivity index (χ0) is 12.5. The van der Waals surface area contributed by atoms with Crippen LogP contribution in [0.1, 0.15) is 32.0 Å². The van der Waals surface area contributed by atoms with E-state index in [2.05, 4.69) is 62.3 Å². The number of benzene rings is 1. The number of H-pyrrole nitrogens is 1. The number of rotatable bonds is 3. The Labute approximate surface area is 103 Å². The summed E-state index contributed by atoms with van der Waals surface area (Å²) < 4.78 is 0. The topological polar surface area (TPSA) is 27.8 Å². The van der Waals surface area contributed by atoms with E-state index in [1.807, 2.05) is 0 Å². The van der Waals surface area contributed by atoms with Crippen molar-refractivity contribution in [3.05, 3.63) is 35.5 Å². The van der Waals surface area contributed by atoms with Gasteiger partial charge >= 0.3 is 0 Å². The van der Waals surface area contributed by atoms with Gasteiger partial charge in [-0.3, -0.25) is 0 Å². The minimum absolute atomic E-state index is 0.194. The fraction of sp³-hybridized carbons (Fsp3) is 0.467. The molecule has 0 unspecified atom stereocenters. The fourth-order valence-corrected chi connectivity index (χ4v) is 2.22. The van der Waals surface area contributed by atoms with Gasteiger partial charge in [0, 0.05) is 22.1 Å². The predicted octanol–water partition coefficient (Wildman–Crippen LogP) is 3.41. The Morgan fingerprint density at radius 1 is 1.18 bits per heavy atom. The molecule has 0 aliphatic rings. The Balaban J connectivity index is 2.15. The van der Waals surface area contributed by atoms with Crippen molar-refractivity contribution in [2.45, 2.75) is 39.7 Å². The summed E-state index contributed by atoms with van der Waals surface area (Å²) in [5.41, 5.74) is 4.18. The normalized spacial score (nSPS) is 12.2. The molecule has 0 radical (unpaired) electrons. The van der Waals surface area contributed by atoms with Gasteiger partial charge < -0.3 is 10.3 Å². The van der Waals surface area contributed by atoms with Gasteiger partial charge in [-0.15, -0.1) is 0 Å². The maximum atomic E-state index is 3.54. The molecule has 0 atom stereocenters. The van der Waals surface area contributed by atoms with Crippen LogP contribution in [0.5, 0.6) is 0 Å². The maximum absolute atomic E-state index is 3.54. The zero-order valence-corrected chi connectivity index (χ0v) is 11.2. The molecule has 0 fully saturated rings. The van der Waals surface area contributed by atoms with Crippen molar-refractivity contribution in [2.24, 2.45) is 0 Å². The molecule has 2 rings (SSSR count). The highest BCUT2D eigenvalue weighted by Gasteiger charge is 2.11. The second kappa shape index (κ2) is 4.53. The van der Waals surface area contributed by atoms with Crippen LogP contribution in [0.2, 0.25) is 0 Å². The minimum Gasteiger partial charge on any atom is -0.358 e. The van der Waals surface area contributed by atoms with Crippen LogP contribution in [-0.2, 0) is 6.42 Å². The Hall–Kier alpha value is -1.28. The third kappa shape index (κ3) is 2.89. The Morgan fingerprint density at radius 2 is 1.88 bits per heavy atom. The molecule has 1 aromatic carbocycles. The summed E-state index contributed by atoms with van der Waals surface area (Å²) >= 11 is 0. The number of nitrogens with one attached hydrogen (secondary N) is 2. The van der Waals surface area contributed by atoms with Crippen LogP contribution in [0.3, 0.4) is 0 Å². The van der Waals surface area contributed by atoms with E-state index in [9.17, 15) is 0 Å². The third-order valence-corrected chi connectivity index (χ3v) is 3.06. The second-order valence-corrected chi connectivity index (χ2v) is 5.70. The average molecular weight is 230 g/mol. The molecule has 1 heterocycles. The molecule has 17 heavy (non-hydrogen) atoms. The Morgan fingerprint density at radius 3 is 2.59 bits per heavy atom. The van der Waals surface area contributed by atoms with E-state index in [0.29, 0.717) is 0 Å². The van der Waals surface area contributed by atoms with Gasteiger partial charge in [-0.25, -0.2) is 0 Å². The van der Waals surface area contributed by atoms with Crippen molar-refractivity contribution in [1.82, 2.24) is 10.3 Å². The summed E-state index contributed by atoms with van der Waals surface area (Å²) in [6.45, 7) is 9.79. The van der Waals surface area contributed by atoms with Gasteiger partial charge in [0.1, 0.15) is 0 Å². The summed E-state index contributed by atoms with van der Waals surface area (Å²) in [6, 6.07) is 8.53. The van der Waals surface area contributed by atoms with Gasteiger partial charge in [0.25, 0.3) is 0 Å². The maximum Gasteiger partial charge on any atom is 0.0458 e. The molecule has 0 amide bonds. The van der Waals surface area contributed by atoms with Crippen LogP contribution in [-0.4, -0.2) is 17.1 Å². The zero-order valence-electron chi connectivity index (χ0n) is 11.2. The monoisotopic (exact) mass is 230 g/mol. The molecular weight excluding hydrogens is 208 g/mol. The van der Waals surface area contributed by atoms with Gasteiger partial charge in [-0.1, -0.05) is 18.2 Å². The van der Waals surface area contributed by atoms with E-state index in [-0.39, 0.29) is 5.54 Å². The van der Waals surface area contributed by atoms with Crippen molar-refractivity contribution >= 4 is 10.9 Å². The number of aromatic amines is 1. The van der Waals surface area contributed by atoms with Crippen molar-refractivity contribution in [1.29, 1.82) is 0 Å². The van der Waals surface area contributed by atoms with Crippen LogP contribution >= 0.6 is 0 Å². The van der Waals surface area contributed by atoms with E-state index in [4.69, 9.17) is 0 Å². The van der Waals surface area contributed by atoms with E-state index >= 15 is 0 Å². The summed E-state index contributed by atoms with van der Waals surface area (Å²) in [7, 11) is 0. The first kappa shape index (κ1) is 12.2. The van der Waals surface area contributed by atoms with Crippen molar-refractivity contribution < 1.29 is 0 Å². The first-order valence-electron chi connectivity index (χ1n) is 6.28. The van der Waals surface area contributed by atoms with E-state index < -0.39 is 0 Å². The lowest BCUT2D eigenvalue weighted by Crippen LogP contribution is -2.37. The van der Waals surface area contributed by atoms with Crippen LogP contribution < -0.4 is 5.32 Å². The van der Waals surface area contributed by atoms with E-state index in [0.717, 1.165) is 13.0 Å². The number of hydrogen-bond donors (Lipinski definition) is 2. The molecule has 2 nitrogen and oxygen atoms in total. The third-order valence-electron chi connectivity index (χ3n) is 3.06. The SMILES string of the molecule is Cc1[nH]c2ccccc2c1CCNC(C)(C)C. The van der Waals surface area contributed by atoms with Crippen LogP contribution in [0.15, 0.2) is 24.3 Å². The fourth-order valence-electron chi connectivity index (χ4n) is 2.22. The molecule has 2 heteroatoms. The van der Waals surface area contributed by atoms with E-state index in [1.165, 1.54) is 22.2 Å². The number of hydrogen-bond acceptors (Lipinski definition) is 1. The molecule has 92 valence electrons. The average Bonchev–Trinajstić information content (AvgIpc) is 2.54. The number of aryl methyl sites for hydroxylation is 1. The molecule has 2 aromatic rings. The molecular formula is C15H22N2. The molecule has 0 saturated heterocycles. The Bertz CT molecular complexity index is 503. The summed E-state index contributed by atoms with van der Waals surface area (Å²) in [5, 5.41) is 4.90. The highest BCUT2D eigenvalue weighted by atomic mass is 14.9. The first-order valence-corrected chi connectivity index (χ1v) is 6.28. The predicted molar refractivity (Wildman–Crippen MR) is 74.5 cm³/mol. The molecule has 2 N–H and O–H groups in total. The van der Waals surface area contributed by atoms with Gasteiger partial charge in [0.2, 0.25) is 0 Å². The molecule has 0 saturated carbocycles. The molecule has 0 spiro atoms. The molecule has 0 aliphatic heterocycles. The molecule has 1 aromatic heterocycles. The lowest BCUT2D eigenvalue weighted by molar-refractivity contribution is 0.429. The van der Waals surface area contributed by atoms with E-state index in [1.54, 1.807) is 0 Å². The molecule has 0 aliphatic carbocycles. The first-order chi connectivity index (χ1) is 7.97. The second-order valence-electron chi connectivity index (χ2n) is 5.70. The van der Waals surface area contributed by atoms with Crippen molar-refractivity contribution in [2.75, 3.05) is 6.54 Å². The van der Waals surface area contributed by atoms with Gasteiger partial charge in [0.15, 0.2) is 0 Å². The Kier molecular flexibility index (Phi) is 3.25. The smallest absolute Gasteiger partial charge is 0.0458 e. The standard InChI is InChI=1S/C15H22N2/c1-11-12(9-10-16-15(2,3)4)13-7-5-6-8-14(13)17-11/h5-8,16-17H,9-10H2,1-4H3. The summed E-state index contributed by atoms with van der Waals surface area (Å²) in [6.07, 6.45) is 1.08. The van der Waals surface area contributed by atoms with Gasteiger partial charge in [-0.05, 0) is 52.3 Å².